The Morgan fingerprint density at radius 3 is 2.23 bits per heavy atom. The van der Waals surface area contributed by atoms with E-state index in [2.05, 4.69) is 4.90 Å². The van der Waals surface area contributed by atoms with Gasteiger partial charge in [-0.1, -0.05) is 6.42 Å². The van der Waals surface area contributed by atoms with Gasteiger partial charge < -0.3 is 4.90 Å². The Bertz CT molecular complexity index is 510. The molecule has 0 radical (unpaired) electrons. The molecular weight excluding hydrogens is 282 g/mol. The van der Waals surface area contributed by atoms with Gasteiger partial charge in [0.25, 0.3) is 5.69 Å². The van der Waals surface area contributed by atoms with E-state index in [9.17, 15) is 14.9 Å². The molecule has 0 aliphatic carbocycles. The van der Waals surface area contributed by atoms with Crippen molar-refractivity contribution in [3.63, 3.8) is 0 Å². The molecule has 1 fully saturated rings. The van der Waals surface area contributed by atoms with Crippen molar-refractivity contribution in [2.45, 2.75) is 45.3 Å². The Morgan fingerprint density at radius 2 is 1.77 bits per heavy atom. The number of hydrogen-bond acceptors (Lipinski definition) is 5. The maximum Gasteiger partial charge on any atom is 0.269 e. The summed E-state index contributed by atoms with van der Waals surface area (Å²) in [6.45, 7) is 5.89. The van der Waals surface area contributed by atoms with E-state index < -0.39 is 4.92 Å². The first kappa shape index (κ1) is 16.4. The van der Waals surface area contributed by atoms with E-state index >= 15 is 0 Å². The van der Waals surface area contributed by atoms with Gasteiger partial charge >= 0.3 is 0 Å². The monoisotopic (exact) mass is 305 g/mol. The zero-order valence-electron chi connectivity index (χ0n) is 13.1. The van der Waals surface area contributed by atoms with Crippen molar-refractivity contribution in [3.8, 4) is 0 Å². The number of carbonyl (C=O) groups excluding carboxylic acids is 1. The summed E-state index contributed by atoms with van der Waals surface area (Å²) in [5.41, 5.74) is 0.899. The average molecular weight is 305 g/mol. The van der Waals surface area contributed by atoms with E-state index in [0.717, 1.165) is 37.9 Å². The summed E-state index contributed by atoms with van der Waals surface area (Å²) in [4.78, 5) is 26.3. The van der Waals surface area contributed by atoms with Crippen LogP contribution in [0.25, 0.3) is 0 Å². The first-order chi connectivity index (χ1) is 10.5. The standard InChI is InChI=1S/C16H23N3O3/c1-13(2)18(14-6-8-15(9-7-14)19(21)22)16(12-20)17-10-4-3-5-11-17/h6-9,12-13,16H,3-5,10-11H2,1-2H3. The third-order valence-electron chi connectivity index (χ3n) is 4.09. The molecule has 0 saturated carbocycles. The molecule has 6 heteroatoms. The smallest absolute Gasteiger partial charge is 0.269 e. The van der Waals surface area contributed by atoms with Crippen molar-refractivity contribution in [3.05, 3.63) is 34.4 Å². The molecule has 1 aliphatic rings. The second-order valence-corrected chi connectivity index (χ2v) is 5.92. The van der Waals surface area contributed by atoms with Crippen LogP contribution in [0, 0.1) is 10.1 Å². The molecule has 0 bridgehead atoms. The molecule has 22 heavy (non-hydrogen) atoms. The number of aldehydes is 1. The Labute approximate surface area is 130 Å². The van der Waals surface area contributed by atoms with Crippen LogP contribution in [0.2, 0.25) is 0 Å². The highest BCUT2D eigenvalue weighted by atomic mass is 16.6. The van der Waals surface area contributed by atoms with Crippen molar-refractivity contribution in [1.29, 1.82) is 0 Å². The van der Waals surface area contributed by atoms with Gasteiger partial charge in [0.2, 0.25) is 0 Å². The van der Waals surface area contributed by atoms with E-state index in [4.69, 9.17) is 0 Å². The summed E-state index contributed by atoms with van der Waals surface area (Å²) in [5, 5.41) is 10.8. The van der Waals surface area contributed by atoms with Crippen LogP contribution in [0.5, 0.6) is 0 Å². The predicted octanol–water partition coefficient (Wildman–Crippen LogP) is 2.82. The third kappa shape index (κ3) is 3.62. The van der Waals surface area contributed by atoms with Crippen molar-refractivity contribution >= 4 is 17.7 Å². The Hall–Kier alpha value is -1.95. The molecule has 1 aromatic rings. The van der Waals surface area contributed by atoms with Gasteiger partial charge in [0.05, 0.1) is 4.92 Å². The molecule has 1 atom stereocenters. The largest absolute Gasteiger partial charge is 0.347 e. The molecule has 2 rings (SSSR count). The first-order valence-corrected chi connectivity index (χ1v) is 7.76. The maximum atomic E-state index is 11.7. The van der Waals surface area contributed by atoms with Gasteiger partial charge in [0.15, 0.2) is 6.29 Å². The maximum absolute atomic E-state index is 11.7. The molecule has 0 N–H and O–H groups in total. The fraction of sp³-hybridized carbons (Fsp3) is 0.562. The van der Waals surface area contributed by atoms with Crippen LogP contribution >= 0.6 is 0 Å². The number of likely N-dealkylation sites (tertiary alicyclic amines) is 1. The lowest BCUT2D eigenvalue weighted by molar-refractivity contribution is -0.384. The van der Waals surface area contributed by atoms with Crippen molar-refractivity contribution in [1.82, 2.24) is 4.90 Å². The molecule has 0 amide bonds. The molecule has 1 heterocycles. The lowest BCUT2D eigenvalue weighted by Crippen LogP contribution is -2.54. The van der Waals surface area contributed by atoms with Crippen LogP contribution in [-0.4, -0.2) is 41.4 Å². The Balaban J connectivity index is 2.27. The minimum Gasteiger partial charge on any atom is -0.347 e. The summed E-state index contributed by atoms with van der Waals surface area (Å²) in [6, 6.07) is 6.54. The minimum absolute atomic E-state index is 0.0630. The SMILES string of the molecule is CC(C)N(c1ccc([N+](=O)[O-])cc1)C(C=O)N1CCCCC1. The molecular formula is C16H23N3O3. The number of nitro groups is 1. The molecule has 6 nitrogen and oxygen atoms in total. The fourth-order valence-electron chi connectivity index (χ4n) is 3.01. The zero-order chi connectivity index (χ0) is 16.1. The second-order valence-electron chi connectivity index (χ2n) is 5.92. The second kappa shape index (κ2) is 7.35. The summed E-state index contributed by atoms with van der Waals surface area (Å²) in [6.07, 6.45) is 4.09. The van der Waals surface area contributed by atoms with E-state index in [1.807, 2.05) is 18.7 Å². The van der Waals surface area contributed by atoms with Crippen molar-refractivity contribution < 1.29 is 9.72 Å². The topological polar surface area (TPSA) is 66.7 Å². The zero-order valence-corrected chi connectivity index (χ0v) is 13.1. The highest BCUT2D eigenvalue weighted by Gasteiger charge is 2.28. The molecule has 1 aromatic carbocycles. The summed E-state index contributed by atoms with van der Waals surface area (Å²) < 4.78 is 0. The lowest BCUT2D eigenvalue weighted by Gasteiger charge is -2.41. The van der Waals surface area contributed by atoms with Gasteiger partial charge in [0, 0.05) is 37.0 Å². The number of hydrogen-bond donors (Lipinski definition) is 0. The van der Waals surface area contributed by atoms with E-state index in [1.54, 1.807) is 12.1 Å². The number of non-ortho nitro benzene ring substituents is 1. The first-order valence-electron chi connectivity index (χ1n) is 7.76. The molecule has 0 spiro atoms. The molecule has 120 valence electrons. The number of benzene rings is 1. The van der Waals surface area contributed by atoms with Crippen LogP contribution in [0.15, 0.2) is 24.3 Å². The number of nitrogens with zero attached hydrogens (tertiary/aromatic N) is 3. The Kier molecular flexibility index (Phi) is 5.49. The minimum atomic E-state index is -0.411. The molecule has 1 saturated heterocycles. The third-order valence-corrected chi connectivity index (χ3v) is 4.09. The quantitative estimate of drug-likeness (QED) is 0.459. The van der Waals surface area contributed by atoms with Crippen LogP contribution in [-0.2, 0) is 4.79 Å². The summed E-state index contributed by atoms with van der Waals surface area (Å²) in [5.74, 6) is 0. The number of carbonyl (C=O) groups is 1. The van der Waals surface area contributed by atoms with Gasteiger partial charge in [0.1, 0.15) is 6.17 Å². The normalized spacial score (nSPS) is 17.2. The van der Waals surface area contributed by atoms with E-state index in [0.29, 0.717) is 0 Å². The van der Waals surface area contributed by atoms with Crippen molar-refractivity contribution in [2.24, 2.45) is 0 Å². The highest BCUT2D eigenvalue weighted by molar-refractivity contribution is 5.66. The number of nitro benzene ring substituents is 1. The molecule has 0 aromatic heterocycles. The highest BCUT2D eigenvalue weighted by Crippen LogP contribution is 2.25. The van der Waals surface area contributed by atoms with Gasteiger partial charge in [-0.15, -0.1) is 0 Å². The average Bonchev–Trinajstić information content (AvgIpc) is 2.53. The van der Waals surface area contributed by atoms with Gasteiger partial charge in [-0.2, -0.15) is 0 Å². The van der Waals surface area contributed by atoms with Gasteiger partial charge in [-0.25, -0.2) is 0 Å². The number of rotatable bonds is 6. The fourth-order valence-corrected chi connectivity index (χ4v) is 3.01. The number of anilines is 1. The lowest BCUT2D eigenvalue weighted by atomic mass is 10.1. The van der Waals surface area contributed by atoms with Gasteiger partial charge in [-0.05, 0) is 38.8 Å². The van der Waals surface area contributed by atoms with Crippen molar-refractivity contribution in [2.75, 3.05) is 18.0 Å². The number of piperidine rings is 1. The van der Waals surface area contributed by atoms with Crippen LogP contribution < -0.4 is 4.90 Å². The van der Waals surface area contributed by atoms with E-state index in [-0.39, 0.29) is 17.9 Å². The van der Waals surface area contributed by atoms with Crippen LogP contribution in [0.3, 0.4) is 0 Å². The predicted molar refractivity (Wildman–Crippen MR) is 86.0 cm³/mol. The van der Waals surface area contributed by atoms with Crippen LogP contribution in [0.1, 0.15) is 33.1 Å². The van der Waals surface area contributed by atoms with Crippen LogP contribution in [0.4, 0.5) is 11.4 Å². The summed E-state index contributed by atoms with van der Waals surface area (Å²) in [7, 11) is 0. The van der Waals surface area contributed by atoms with Gasteiger partial charge in [-0.3, -0.25) is 19.8 Å². The molecule has 1 unspecified atom stereocenters. The molecule has 1 aliphatic heterocycles. The van der Waals surface area contributed by atoms with E-state index in [1.165, 1.54) is 18.6 Å². The Morgan fingerprint density at radius 1 is 1.18 bits per heavy atom. The summed E-state index contributed by atoms with van der Waals surface area (Å²) >= 11 is 0.